The summed E-state index contributed by atoms with van der Waals surface area (Å²) in [5, 5.41) is 7.37. The minimum Gasteiger partial charge on any atom is -0.491 e. The van der Waals surface area contributed by atoms with Crippen molar-refractivity contribution >= 4 is 44.6 Å². The van der Waals surface area contributed by atoms with Crippen molar-refractivity contribution in [2.45, 2.75) is 133 Å². The van der Waals surface area contributed by atoms with Crippen LogP contribution in [0.3, 0.4) is 0 Å². The van der Waals surface area contributed by atoms with E-state index in [0.717, 1.165) is 31.1 Å². The zero-order valence-corrected chi connectivity index (χ0v) is 34.7. The van der Waals surface area contributed by atoms with Gasteiger partial charge in [0, 0.05) is 23.1 Å². The molecular formula is C43H57N5O9S. The van der Waals surface area contributed by atoms with Gasteiger partial charge in [0.2, 0.25) is 27.7 Å². The molecule has 6 aliphatic rings. The zero-order chi connectivity index (χ0) is 41.0. The van der Waals surface area contributed by atoms with Crippen LogP contribution in [0.1, 0.15) is 98.3 Å². The van der Waals surface area contributed by atoms with Gasteiger partial charge in [0.05, 0.1) is 24.1 Å². The standard InChI is InChI=1S/C43H57N5O9S/c1-5-16-55-35-23-44-38(33-13-9-8-12-32(33)35)56-31-21-34-37(49)46-43(40(51)47-58(53,54)42(4)14-15-42)22-29(43)11-7-6-10-25(2)17-26(3)36(39(50)48(34)24-31)45-41(52)57-30-19-27-18-28(27)20-30/h7-9,11-13,23,25-31,34,36H,5-6,10,14-22,24H2,1-4H3,(H,45,52)(H,46,49)(H,47,51)/b11-7-/t25-,26-,27-,28+,29?,30?,31-,34+,36+,43-/m1/s1. The van der Waals surface area contributed by atoms with E-state index in [1.807, 2.05) is 50.3 Å². The Labute approximate surface area is 340 Å². The largest absolute Gasteiger partial charge is 0.491 e. The lowest BCUT2D eigenvalue weighted by atomic mass is 9.88. The summed E-state index contributed by atoms with van der Waals surface area (Å²) in [5.41, 5.74) is -1.52. The molecule has 5 fully saturated rings. The van der Waals surface area contributed by atoms with E-state index < -0.39 is 68.2 Å². The molecule has 4 amide bonds. The van der Waals surface area contributed by atoms with Gasteiger partial charge < -0.3 is 29.7 Å². The fourth-order valence-corrected chi connectivity index (χ4v) is 10.7. The van der Waals surface area contributed by atoms with Crippen molar-refractivity contribution in [2.24, 2.45) is 29.6 Å². The van der Waals surface area contributed by atoms with Gasteiger partial charge in [-0.25, -0.2) is 18.2 Å². The Kier molecular flexibility index (Phi) is 10.9. The SMILES string of the molecule is CCCOc1cnc(O[C@@H]2C[C@H]3C(=O)N[C@]4(C(=O)NS(=O)(=O)C5(C)CC5)CC4/C=C\CC[C@@H](C)C[C@@H](C)[C@H](NC(=O)OC4C[C@@H]5C[C@@H]5C4)C(=O)N3C2)c2ccccc12. The Bertz CT molecular complexity index is 2080. The van der Waals surface area contributed by atoms with Gasteiger partial charge >= 0.3 is 6.09 Å². The fourth-order valence-electron chi connectivity index (χ4n) is 9.38. The molecule has 2 aromatic rings. The minimum atomic E-state index is -4.00. The number of aromatic nitrogens is 1. The number of pyridine rings is 1. The molecule has 2 unspecified atom stereocenters. The lowest BCUT2D eigenvalue weighted by Gasteiger charge is -2.33. The van der Waals surface area contributed by atoms with Gasteiger partial charge in [0.15, 0.2) is 0 Å². The van der Waals surface area contributed by atoms with Gasteiger partial charge in [-0.15, -0.1) is 0 Å². The predicted octanol–water partition coefficient (Wildman–Crippen LogP) is 5.15. The Morgan fingerprint density at radius 3 is 2.48 bits per heavy atom. The molecule has 8 rings (SSSR count). The normalized spacial score (nSPS) is 34.6. The number of nitrogens with zero attached hydrogens (tertiary/aromatic N) is 2. The van der Waals surface area contributed by atoms with E-state index in [9.17, 15) is 27.6 Å². The minimum absolute atomic E-state index is 0.00222. The second-order valence-corrected chi connectivity index (χ2v) is 20.4. The van der Waals surface area contributed by atoms with Crippen LogP contribution in [0, 0.1) is 29.6 Å². The van der Waals surface area contributed by atoms with Crippen LogP contribution in [0.4, 0.5) is 4.79 Å². The molecule has 1 aromatic carbocycles. The summed E-state index contributed by atoms with van der Waals surface area (Å²) in [5.74, 6) is -0.290. The van der Waals surface area contributed by atoms with Crippen LogP contribution in [0.25, 0.3) is 10.8 Å². The summed E-state index contributed by atoms with van der Waals surface area (Å²) >= 11 is 0. The molecule has 4 saturated carbocycles. The van der Waals surface area contributed by atoms with E-state index in [1.54, 1.807) is 13.1 Å². The highest BCUT2D eigenvalue weighted by Crippen LogP contribution is 2.52. The highest BCUT2D eigenvalue weighted by Gasteiger charge is 2.63. The molecule has 1 saturated heterocycles. The number of fused-ring (bicyclic) bond motifs is 4. The van der Waals surface area contributed by atoms with Gasteiger partial charge in [-0.05, 0) is 101 Å². The number of sulfonamides is 1. The molecule has 2 aliphatic heterocycles. The maximum absolute atomic E-state index is 14.9. The van der Waals surface area contributed by atoms with Crippen LogP contribution >= 0.6 is 0 Å². The molecule has 3 N–H and O–H groups in total. The number of ether oxygens (including phenoxy) is 3. The topological polar surface area (TPSA) is 182 Å². The van der Waals surface area contributed by atoms with Crippen molar-refractivity contribution in [2.75, 3.05) is 13.2 Å². The molecule has 0 radical (unpaired) electrons. The number of allylic oxidation sites excluding steroid dienone is 1. The summed E-state index contributed by atoms with van der Waals surface area (Å²) in [4.78, 5) is 63.1. The first kappa shape index (κ1) is 40.4. The average Bonchev–Trinajstić information content (AvgIpc) is 4.14. The number of hydrogen-bond acceptors (Lipinski definition) is 10. The molecule has 14 nitrogen and oxygen atoms in total. The molecule has 3 heterocycles. The lowest BCUT2D eigenvalue weighted by molar-refractivity contribution is -0.142. The van der Waals surface area contributed by atoms with Crippen molar-refractivity contribution in [3.05, 3.63) is 42.6 Å². The molecule has 58 heavy (non-hydrogen) atoms. The van der Waals surface area contributed by atoms with Crippen LogP contribution in [-0.2, 0) is 29.1 Å². The van der Waals surface area contributed by atoms with Gasteiger partial charge in [-0.3, -0.25) is 19.1 Å². The van der Waals surface area contributed by atoms with Crippen molar-refractivity contribution < 1.29 is 41.8 Å². The number of carbonyl (C=O) groups is 4. The first-order valence-electron chi connectivity index (χ1n) is 21.2. The third-order valence-electron chi connectivity index (χ3n) is 13.5. The summed E-state index contributed by atoms with van der Waals surface area (Å²) in [7, 11) is -4.00. The van der Waals surface area contributed by atoms with Crippen LogP contribution in [-0.4, -0.2) is 89.8 Å². The van der Waals surface area contributed by atoms with Crippen LogP contribution in [0.15, 0.2) is 42.6 Å². The van der Waals surface area contributed by atoms with E-state index in [0.29, 0.717) is 61.1 Å². The highest BCUT2D eigenvalue weighted by atomic mass is 32.2. The molecule has 1 aromatic heterocycles. The number of alkyl carbamates (subject to hydrolysis) is 1. The Balaban J connectivity index is 1.10. The monoisotopic (exact) mass is 819 g/mol. The van der Waals surface area contributed by atoms with Crippen molar-refractivity contribution in [3.63, 3.8) is 0 Å². The molecule has 314 valence electrons. The number of carbonyl (C=O) groups excluding carboxylic acids is 4. The number of benzene rings is 1. The van der Waals surface area contributed by atoms with Crippen molar-refractivity contribution in [1.29, 1.82) is 0 Å². The first-order valence-corrected chi connectivity index (χ1v) is 22.7. The Hall–Kier alpha value is -4.40. The number of rotatable bonds is 10. The fraction of sp³-hybridized carbons (Fsp3) is 0.651. The molecule has 0 spiro atoms. The van der Waals surface area contributed by atoms with Crippen LogP contribution in [0.2, 0.25) is 0 Å². The van der Waals surface area contributed by atoms with Gasteiger partial charge in [-0.1, -0.05) is 51.1 Å². The molecule has 0 bridgehead atoms. The second-order valence-electron chi connectivity index (χ2n) is 18.2. The Morgan fingerprint density at radius 2 is 1.76 bits per heavy atom. The van der Waals surface area contributed by atoms with Crippen LogP contribution < -0.4 is 24.8 Å². The second kappa shape index (κ2) is 15.6. The van der Waals surface area contributed by atoms with Crippen molar-refractivity contribution in [1.82, 2.24) is 25.2 Å². The molecular weight excluding hydrogens is 763 g/mol. The van der Waals surface area contributed by atoms with E-state index >= 15 is 0 Å². The molecule has 4 aliphatic carbocycles. The third-order valence-corrected chi connectivity index (χ3v) is 15.6. The van der Waals surface area contributed by atoms with Crippen molar-refractivity contribution in [3.8, 4) is 11.6 Å². The third kappa shape index (κ3) is 8.11. The quantitative estimate of drug-likeness (QED) is 0.271. The molecule has 10 atom stereocenters. The summed E-state index contributed by atoms with van der Waals surface area (Å²) in [6.45, 7) is 8.18. The number of nitrogens with one attached hydrogen (secondary N) is 3. The lowest BCUT2D eigenvalue weighted by Crippen LogP contribution is -2.59. The van der Waals surface area contributed by atoms with E-state index in [2.05, 4.69) is 27.3 Å². The van der Waals surface area contributed by atoms with Gasteiger partial charge in [0.1, 0.15) is 35.6 Å². The first-order chi connectivity index (χ1) is 27.7. The maximum atomic E-state index is 14.9. The Morgan fingerprint density at radius 1 is 1.02 bits per heavy atom. The van der Waals surface area contributed by atoms with Crippen LogP contribution in [0.5, 0.6) is 11.6 Å². The zero-order valence-electron chi connectivity index (χ0n) is 33.9. The summed E-state index contributed by atoms with van der Waals surface area (Å²) in [6, 6.07) is 5.45. The van der Waals surface area contributed by atoms with E-state index in [4.69, 9.17) is 14.2 Å². The average molecular weight is 820 g/mol. The number of hydrogen-bond donors (Lipinski definition) is 3. The molecule has 15 heteroatoms. The van der Waals surface area contributed by atoms with E-state index in [1.165, 1.54) is 11.3 Å². The highest BCUT2D eigenvalue weighted by molar-refractivity contribution is 7.91. The smallest absolute Gasteiger partial charge is 0.408 e. The van der Waals surface area contributed by atoms with Gasteiger partial charge in [0.25, 0.3) is 5.91 Å². The summed E-state index contributed by atoms with van der Waals surface area (Å²) < 4.78 is 46.1. The number of amides is 4. The van der Waals surface area contributed by atoms with Gasteiger partial charge in [-0.2, -0.15) is 0 Å². The maximum Gasteiger partial charge on any atom is 0.408 e. The summed E-state index contributed by atoms with van der Waals surface area (Å²) in [6.07, 6.45) is 10.9. The predicted molar refractivity (Wildman–Crippen MR) is 215 cm³/mol. The van der Waals surface area contributed by atoms with E-state index in [-0.39, 0.29) is 37.3 Å².